The van der Waals surface area contributed by atoms with Crippen LogP contribution in [0.2, 0.25) is 5.02 Å². The van der Waals surface area contributed by atoms with Gasteiger partial charge in [0.05, 0.1) is 9.93 Å². The molecule has 1 fully saturated rings. The van der Waals surface area contributed by atoms with Gasteiger partial charge in [-0.05, 0) is 42.3 Å². The van der Waals surface area contributed by atoms with E-state index >= 15 is 0 Å². The van der Waals surface area contributed by atoms with Crippen LogP contribution in [0.5, 0.6) is 0 Å². The van der Waals surface area contributed by atoms with Crippen LogP contribution < -0.4 is 10.6 Å². The van der Waals surface area contributed by atoms with Crippen molar-refractivity contribution in [3.05, 3.63) is 69.3 Å². The van der Waals surface area contributed by atoms with E-state index in [2.05, 4.69) is 17.6 Å². The van der Waals surface area contributed by atoms with Gasteiger partial charge in [-0.15, -0.1) is 0 Å². The second-order valence-corrected chi connectivity index (χ2v) is 6.86. The molecule has 3 nitrogen and oxygen atoms in total. The van der Waals surface area contributed by atoms with E-state index in [0.29, 0.717) is 4.91 Å². The third-order valence-electron chi connectivity index (χ3n) is 3.67. The van der Waals surface area contributed by atoms with Crippen molar-refractivity contribution in [3.8, 4) is 0 Å². The van der Waals surface area contributed by atoms with Crippen molar-refractivity contribution in [2.75, 3.05) is 5.32 Å². The van der Waals surface area contributed by atoms with E-state index in [4.69, 9.17) is 11.6 Å². The van der Waals surface area contributed by atoms with Crippen LogP contribution in [-0.4, -0.2) is 11.4 Å². The second kappa shape index (κ2) is 7.28. The van der Waals surface area contributed by atoms with E-state index < -0.39 is 5.82 Å². The van der Waals surface area contributed by atoms with E-state index in [1.807, 2.05) is 24.3 Å². The molecule has 0 aromatic heterocycles. The Bertz CT molecular complexity index is 772. The van der Waals surface area contributed by atoms with Crippen molar-refractivity contribution in [2.24, 2.45) is 0 Å². The number of nitrogens with one attached hydrogen (secondary N) is 2. The van der Waals surface area contributed by atoms with Gasteiger partial charge in [-0.25, -0.2) is 4.39 Å². The van der Waals surface area contributed by atoms with Gasteiger partial charge in [-0.1, -0.05) is 48.5 Å². The molecule has 6 heteroatoms. The molecule has 0 bridgehead atoms. The summed E-state index contributed by atoms with van der Waals surface area (Å²) >= 11 is 7.31. The Labute approximate surface area is 149 Å². The molecule has 2 aromatic carbocycles. The molecule has 1 aliphatic heterocycles. The zero-order chi connectivity index (χ0) is 17.1. The lowest BCUT2D eigenvalue weighted by atomic mass is 10.1. The molecule has 0 spiro atoms. The summed E-state index contributed by atoms with van der Waals surface area (Å²) in [4.78, 5) is 12.5. The average molecular weight is 363 g/mol. The lowest BCUT2D eigenvalue weighted by Crippen LogP contribution is -2.30. The first kappa shape index (κ1) is 16.9. The molecule has 0 radical (unpaired) electrons. The van der Waals surface area contributed by atoms with Crippen LogP contribution in [-0.2, 0) is 11.2 Å². The van der Waals surface area contributed by atoms with Crippen molar-refractivity contribution in [1.29, 1.82) is 0 Å². The normalized spacial score (nSPS) is 18.7. The van der Waals surface area contributed by atoms with Crippen LogP contribution >= 0.6 is 23.4 Å². The standard InChI is InChI=1S/C18H16ClFN2OS/c1-2-11-6-8-12(9-7-11)21-18-22-17(23)16(24-18)10-13-14(19)4-3-5-15(13)20/h3-10,18,21H,2H2,1H3,(H,22,23)/b16-10-/t18-/m0/s1. The Morgan fingerprint density at radius 3 is 2.71 bits per heavy atom. The van der Waals surface area contributed by atoms with Gasteiger partial charge in [0.25, 0.3) is 5.91 Å². The van der Waals surface area contributed by atoms with Crippen molar-refractivity contribution in [3.63, 3.8) is 0 Å². The number of anilines is 1. The highest BCUT2D eigenvalue weighted by molar-refractivity contribution is 8.05. The zero-order valence-electron chi connectivity index (χ0n) is 13.0. The maximum Gasteiger partial charge on any atom is 0.260 e. The maximum atomic E-state index is 13.9. The van der Waals surface area contributed by atoms with E-state index in [9.17, 15) is 9.18 Å². The largest absolute Gasteiger partial charge is 0.357 e. The Morgan fingerprint density at radius 2 is 2.04 bits per heavy atom. The number of halogens is 2. The summed E-state index contributed by atoms with van der Waals surface area (Å²) in [5.41, 5.74) is 2.08. The number of hydrogen-bond donors (Lipinski definition) is 2. The topological polar surface area (TPSA) is 41.1 Å². The number of amides is 1. The zero-order valence-corrected chi connectivity index (χ0v) is 14.5. The summed E-state index contributed by atoms with van der Waals surface area (Å²) in [7, 11) is 0. The minimum atomic E-state index is -0.449. The molecule has 24 heavy (non-hydrogen) atoms. The molecule has 124 valence electrons. The number of thioether (sulfide) groups is 1. The van der Waals surface area contributed by atoms with E-state index in [1.165, 1.54) is 35.5 Å². The number of hydrogen-bond acceptors (Lipinski definition) is 3. The molecule has 1 aliphatic rings. The van der Waals surface area contributed by atoms with Crippen molar-refractivity contribution < 1.29 is 9.18 Å². The van der Waals surface area contributed by atoms with Gasteiger partial charge in [0.2, 0.25) is 0 Å². The Morgan fingerprint density at radius 1 is 1.29 bits per heavy atom. The smallest absolute Gasteiger partial charge is 0.260 e. The summed E-state index contributed by atoms with van der Waals surface area (Å²) in [5, 5.41) is 6.33. The third kappa shape index (κ3) is 3.74. The SMILES string of the molecule is CCc1ccc(N[C@H]2NC(=O)/C(=C/c3c(F)cccc3Cl)S2)cc1. The second-order valence-electron chi connectivity index (χ2n) is 5.31. The summed E-state index contributed by atoms with van der Waals surface area (Å²) in [5.74, 6) is -0.697. The number of carbonyl (C=O) groups is 1. The molecule has 2 aromatic rings. The molecule has 1 atom stereocenters. The van der Waals surface area contributed by atoms with Gasteiger partial charge < -0.3 is 10.6 Å². The predicted octanol–water partition coefficient (Wildman–Crippen LogP) is 4.64. The summed E-state index contributed by atoms with van der Waals surface area (Å²) in [6.45, 7) is 2.10. The van der Waals surface area contributed by atoms with Crippen LogP contribution in [0.1, 0.15) is 18.1 Å². The number of aryl methyl sites for hydroxylation is 1. The third-order valence-corrected chi connectivity index (χ3v) is 5.02. The minimum absolute atomic E-state index is 0.227. The predicted molar refractivity (Wildman–Crippen MR) is 98.4 cm³/mol. The molecule has 0 aliphatic carbocycles. The molecule has 1 heterocycles. The fraction of sp³-hybridized carbons (Fsp3) is 0.167. The van der Waals surface area contributed by atoms with Crippen LogP contribution in [0.25, 0.3) is 6.08 Å². The number of benzene rings is 2. The number of carbonyl (C=O) groups excluding carboxylic acids is 1. The first-order chi connectivity index (χ1) is 11.6. The fourth-order valence-corrected chi connectivity index (χ4v) is 3.52. The van der Waals surface area contributed by atoms with Gasteiger partial charge in [0, 0.05) is 11.3 Å². The average Bonchev–Trinajstić information content (AvgIpc) is 2.91. The Kier molecular flexibility index (Phi) is 5.11. The maximum absolute atomic E-state index is 13.9. The number of rotatable bonds is 4. The quantitative estimate of drug-likeness (QED) is 0.778. The van der Waals surface area contributed by atoms with Crippen LogP contribution in [0, 0.1) is 5.82 Å². The van der Waals surface area contributed by atoms with E-state index in [1.54, 1.807) is 6.07 Å². The first-order valence-electron chi connectivity index (χ1n) is 7.55. The van der Waals surface area contributed by atoms with Crippen LogP contribution in [0.3, 0.4) is 0 Å². The Hall–Kier alpha value is -1.98. The van der Waals surface area contributed by atoms with Crippen molar-refractivity contribution >= 4 is 41.0 Å². The molecule has 0 unspecified atom stereocenters. The monoisotopic (exact) mass is 362 g/mol. The summed E-state index contributed by atoms with van der Waals surface area (Å²) < 4.78 is 13.9. The highest BCUT2D eigenvalue weighted by atomic mass is 35.5. The molecule has 3 rings (SSSR count). The minimum Gasteiger partial charge on any atom is -0.357 e. The molecular weight excluding hydrogens is 347 g/mol. The fourth-order valence-electron chi connectivity index (χ4n) is 2.33. The van der Waals surface area contributed by atoms with Crippen LogP contribution in [0.4, 0.5) is 10.1 Å². The molecule has 1 saturated heterocycles. The molecule has 0 saturated carbocycles. The summed E-state index contributed by atoms with van der Waals surface area (Å²) in [6, 6.07) is 12.5. The van der Waals surface area contributed by atoms with Crippen molar-refractivity contribution in [1.82, 2.24) is 5.32 Å². The summed E-state index contributed by atoms with van der Waals surface area (Å²) in [6.07, 6.45) is 2.46. The molecule has 1 amide bonds. The van der Waals surface area contributed by atoms with E-state index in [-0.39, 0.29) is 22.0 Å². The highest BCUT2D eigenvalue weighted by Crippen LogP contribution is 2.32. The Balaban J connectivity index is 1.74. The van der Waals surface area contributed by atoms with Crippen molar-refractivity contribution in [2.45, 2.75) is 18.8 Å². The van der Waals surface area contributed by atoms with Gasteiger partial charge in [-0.3, -0.25) is 4.79 Å². The van der Waals surface area contributed by atoms with Gasteiger partial charge in [0.15, 0.2) is 5.50 Å². The molecular formula is C18H16ClFN2OS. The molecule has 2 N–H and O–H groups in total. The first-order valence-corrected chi connectivity index (χ1v) is 8.81. The van der Waals surface area contributed by atoms with Crippen LogP contribution in [0.15, 0.2) is 47.4 Å². The van der Waals surface area contributed by atoms with Gasteiger partial charge in [0.1, 0.15) is 5.82 Å². The van der Waals surface area contributed by atoms with Gasteiger partial charge in [-0.2, -0.15) is 0 Å². The lowest BCUT2D eigenvalue weighted by molar-refractivity contribution is -0.116. The van der Waals surface area contributed by atoms with E-state index in [0.717, 1.165) is 12.1 Å². The van der Waals surface area contributed by atoms with Gasteiger partial charge >= 0.3 is 0 Å². The highest BCUT2D eigenvalue weighted by Gasteiger charge is 2.27. The lowest BCUT2D eigenvalue weighted by Gasteiger charge is -2.12.